The van der Waals surface area contributed by atoms with E-state index in [2.05, 4.69) is 15.3 Å². The fourth-order valence-electron chi connectivity index (χ4n) is 2.69. The third-order valence-corrected chi connectivity index (χ3v) is 3.96. The zero-order chi connectivity index (χ0) is 18.6. The summed E-state index contributed by atoms with van der Waals surface area (Å²) in [7, 11) is 0. The number of fused-ring (bicyclic) bond motifs is 1. The summed E-state index contributed by atoms with van der Waals surface area (Å²) in [4.78, 5) is 21.0. The smallest absolute Gasteiger partial charge is 0.255 e. The molecule has 0 saturated heterocycles. The molecule has 2 aromatic heterocycles. The Bertz CT molecular complexity index is 1050. The lowest BCUT2D eigenvalue weighted by atomic mass is 10.1. The van der Waals surface area contributed by atoms with Crippen LogP contribution in [-0.4, -0.2) is 22.5 Å². The van der Waals surface area contributed by atoms with Crippen molar-refractivity contribution in [3.05, 3.63) is 72.4 Å². The molecule has 6 heteroatoms. The third-order valence-electron chi connectivity index (χ3n) is 3.96. The van der Waals surface area contributed by atoms with Gasteiger partial charge in [-0.25, -0.2) is 4.98 Å². The van der Waals surface area contributed by atoms with Gasteiger partial charge in [-0.05, 0) is 61.5 Å². The molecule has 0 atom stereocenters. The van der Waals surface area contributed by atoms with E-state index in [1.54, 1.807) is 36.5 Å². The van der Waals surface area contributed by atoms with Crippen LogP contribution in [0.5, 0.6) is 5.75 Å². The van der Waals surface area contributed by atoms with Gasteiger partial charge in [0.05, 0.1) is 6.61 Å². The van der Waals surface area contributed by atoms with E-state index < -0.39 is 0 Å². The second-order valence-electron chi connectivity index (χ2n) is 5.84. The van der Waals surface area contributed by atoms with E-state index in [1.165, 1.54) is 0 Å². The van der Waals surface area contributed by atoms with Gasteiger partial charge >= 0.3 is 0 Å². The Morgan fingerprint density at radius 3 is 2.74 bits per heavy atom. The minimum Gasteiger partial charge on any atom is -0.494 e. The van der Waals surface area contributed by atoms with E-state index >= 15 is 0 Å². The van der Waals surface area contributed by atoms with Crippen LogP contribution >= 0.6 is 0 Å². The number of benzene rings is 2. The molecule has 2 aromatic carbocycles. The van der Waals surface area contributed by atoms with Crippen molar-refractivity contribution in [2.24, 2.45) is 0 Å². The Kier molecular flexibility index (Phi) is 4.53. The van der Waals surface area contributed by atoms with Crippen molar-refractivity contribution in [1.82, 2.24) is 9.97 Å². The van der Waals surface area contributed by atoms with Gasteiger partial charge in [0.15, 0.2) is 11.2 Å². The van der Waals surface area contributed by atoms with Gasteiger partial charge in [-0.15, -0.1) is 0 Å². The van der Waals surface area contributed by atoms with Crippen LogP contribution < -0.4 is 10.1 Å². The first-order chi connectivity index (χ1) is 13.2. The number of oxazole rings is 1. The molecule has 0 spiro atoms. The molecular formula is C21H17N3O3. The van der Waals surface area contributed by atoms with Crippen LogP contribution in [0.2, 0.25) is 0 Å². The standard InChI is InChI=1S/C21H17N3O3/c1-2-26-17-10-8-14(9-11-17)20(25)23-16-6-3-5-15(13-16)21-24-19-18(27-21)7-4-12-22-19/h3-13H,2H2,1H3,(H,23,25). The lowest BCUT2D eigenvalue weighted by Gasteiger charge is -2.07. The number of carbonyl (C=O) groups excluding carboxylic acids is 1. The van der Waals surface area contributed by atoms with Crippen molar-refractivity contribution in [3.8, 4) is 17.2 Å². The number of rotatable bonds is 5. The quantitative estimate of drug-likeness (QED) is 0.566. The van der Waals surface area contributed by atoms with Crippen LogP contribution in [0.15, 0.2) is 71.3 Å². The van der Waals surface area contributed by atoms with E-state index in [0.717, 1.165) is 11.3 Å². The number of ether oxygens (including phenoxy) is 1. The minimum absolute atomic E-state index is 0.200. The Morgan fingerprint density at radius 1 is 1.11 bits per heavy atom. The van der Waals surface area contributed by atoms with Crippen molar-refractivity contribution in [1.29, 1.82) is 0 Å². The fraction of sp³-hybridized carbons (Fsp3) is 0.0952. The van der Waals surface area contributed by atoms with E-state index in [1.807, 2.05) is 37.3 Å². The van der Waals surface area contributed by atoms with Crippen LogP contribution in [0, 0.1) is 0 Å². The van der Waals surface area contributed by atoms with Crippen LogP contribution in [0.4, 0.5) is 5.69 Å². The average Bonchev–Trinajstić information content (AvgIpc) is 3.13. The normalized spacial score (nSPS) is 10.7. The van der Waals surface area contributed by atoms with Crippen LogP contribution in [-0.2, 0) is 0 Å². The van der Waals surface area contributed by atoms with Gasteiger partial charge in [-0.1, -0.05) is 6.07 Å². The molecule has 2 heterocycles. The van der Waals surface area contributed by atoms with Crippen molar-refractivity contribution >= 4 is 22.8 Å². The molecular weight excluding hydrogens is 342 g/mol. The molecule has 0 bridgehead atoms. The number of anilines is 1. The molecule has 6 nitrogen and oxygen atoms in total. The van der Waals surface area contributed by atoms with Crippen LogP contribution in [0.3, 0.4) is 0 Å². The summed E-state index contributed by atoms with van der Waals surface area (Å²) in [6.45, 7) is 2.50. The second kappa shape index (κ2) is 7.29. The molecule has 0 aliphatic heterocycles. The Balaban J connectivity index is 1.54. The summed E-state index contributed by atoms with van der Waals surface area (Å²) in [5.41, 5.74) is 3.14. The highest BCUT2D eigenvalue weighted by atomic mass is 16.5. The summed E-state index contributed by atoms with van der Waals surface area (Å²) in [5, 5.41) is 2.89. The summed E-state index contributed by atoms with van der Waals surface area (Å²) < 4.78 is 11.1. The first kappa shape index (κ1) is 16.8. The number of hydrogen-bond acceptors (Lipinski definition) is 5. The first-order valence-electron chi connectivity index (χ1n) is 8.59. The average molecular weight is 359 g/mol. The number of amides is 1. The van der Waals surface area contributed by atoms with Crippen molar-refractivity contribution in [3.63, 3.8) is 0 Å². The molecule has 1 amide bonds. The van der Waals surface area contributed by atoms with Gasteiger partial charge in [0, 0.05) is 23.0 Å². The third kappa shape index (κ3) is 3.64. The van der Waals surface area contributed by atoms with E-state index in [4.69, 9.17) is 9.15 Å². The van der Waals surface area contributed by atoms with Crippen LogP contribution in [0.1, 0.15) is 17.3 Å². The second-order valence-corrected chi connectivity index (χ2v) is 5.84. The highest BCUT2D eigenvalue weighted by Crippen LogP contribution is 2.25. The number of pyridine rings is 1. The summed E-state index contributed by atoms with van der Waals surface area (Å²) in [6, 6.07) is 18.0. The van der Waals surface area contributed by atoms with Gasteiger partial charge in [-0.2, -0.15) is 4.98 Å². The first-order valence-corrected chi connectivity index (χ1v) is 8.59. The summed E-state index contributed by atoms with van der Waals surface area (Å²) in [5.74, 6) is 0.996. The van der Waals surface area contributed by atoms with Gasteiger partial charge in [-0.3, -0.25) is 4.79 Å². The monoisotopic (exact) mass is 359 g/mol. The maximum atomic E-state index is 12.5. The van der Waals surface area contributed by atoms with E-state index in [0.29, 0.717) is 35.0 Å². The number of nitrogens with zero attached hydrogens (tertiary/aromatic N) is 2. The highest BCUT2D eigenvalue weighted by Gasteiger charge is 2.11. The number of nitrogens with one attached hydrogen (secondary N) is 1. The maximum absolute atomic E-state index is 12.5. The SMILES string of the molecule is CCOc1ccc(C(=O)Nc2cccc(-c3nc4ncccc4o3)c2)cc1. The predicted molar refractivity (Wildman–Crippen MR) is 103 cm³/mol. The Labute approximate surface area is 155 Å². The van der Waals surface area contributed by atoms with Gasteiger partial charge < -0.3 is 14.5 Å². The van der Waals surface area contributed by atoms with Crippen molar-refractivity contribution < 1.29 is 13.9 Å². The van der Waals surface area contributed by atoms with Crippen molar-refractivity contribution in [2.75, 3.05) is 11.9 Å². The summed E-state index contributed by atoms with van der Waals surface area (Å²) >= 11 is 0. The number of carbonyl (C=O) groups is 1. The van der Waals surface area contributed by atoms with Gasteiger partial charge in [0.2, 0.25) is 5.89 Å². The zero-order valence-corrected chi connectivity index (χ0v) is 14.7. The molecule has 0 saturated carbocycles. The maximum Gasteiger partial charge on any atom is 0.255 e. The predicted octanol–water partition coefficient (Wildman–Crippen LogP) is 4.54. The Hall–Kier alpha value is -3.67. The molecule has 0 aliphatic rings. The topological polar surface area (TPSA) is 77.2 Å². The zero-order valence-electron chi connectivity index (χ0n) is 14.7. The van der Waals surface area contributed by atoms with Crippen LogP contribution in [0.25, 0.3) is 22.7 Å². The van der Waals surface area contributed by atoms with E-state index in [-0.39, 0.29) is 5.91 Å². The van der Waals surface area contributed by atoms with Gasteiger partial charge in [0.25, 0.3) is 5.91 Å². The lowest BCUT2D eigenvalue weighted by molar-refractivity contribution is 0.102. The largest absolute Gasteiger partial charge is 0.494 e. The molecule has 27 heavy (non-hydrogen) atoms. The molecule has 134 valence electrons. The molecule has 0 radical (unpaired) electrons. The number of hydrogen-bond donors (Lipinski definition) is 1. The lowest BCUT2D eigenvalue weighted by Crippen LogP contribution is -2.11. The fourth-order valence-corrected chi connectivity index (χ4v) is 2.69. The van der Waals surface area contributed by atoms with Crippen molar-refractivity contribution in [2.45, 2.75) is 6.92 Å². The number of aromatic nitrogens is 2. The minimum atomic E-state index is -0.200. The molecule has 0 fully saturated rings. The molecule has 4 rings (SSSR count). The molecule has 0 aliphatic carbocycles. The molecule has 4 aromatic rings. The highest BCUT2D eigenvalue weighted by molar-refractivity contribution is 6.04. The van der Waals surface area contributed by atoms with E-state index in [9.17, 15) is 4.79 Å². The molecule has 1 N–H and O–H groups in total. The molecule has 0 unspecified atom stereocenters. The summed E-state index contributed by atoms with van der Waals surface area (Å²) in [6.07, 6.45) is 1.67. The van der Waals surface area contributed by atoms with Gasteiger partial charge in [0.1, 0.15) is 5.75 Å². The Morgan fingerprint density at radius 2 is 1.96 bits per heavy atom.